The minimum absolute atomic E-state index is 0.131. The zero-order valence-electron chi connectivity index (χ0n) is 18.3. The summed E-state index contributed by atoms with van der Waals surface area (Å²) in [5, 5.41) is 10.3. The predicted molar refractivity (Wildman–Crippen MR) is 120 cm³/mol. The molecule has 2 fully saturated rings. The van der Waals surface area contributed by atoms with E-state index >= 15 is 0 Å². The molecular weight excluding hydrogens is 451 g/mol. The Hall–Kier alpha value is -2.31. The quantitative estimate of drug-likeness (QED) is 0.593. The molecule has 2 saturated heterocycles. The smallest absolute Gasteiger partial charge is 0.244 e. The number of hydrogen-bond acceptors (Lipinski definition) is 8. The lowest BCUT2D eigenvalue weighted by Crippen LogP contribution is -2.49. The zero-order valence-corrected chi connectivity index (χ0v) is 19.2. The standard InChI is InChI=1S/C22H29FN4O5S/c23-18-1-3-20(4-2-18)32-17-19(28)16-25-7-9-26(10-8-25)22-6-5-21(15-24-22)33(29,30)27-11-13-31-14-12-27/h1-6,15,19,28H,7-14,16-17H2. The van der Waals surface area contributed by atoms with Gasteiger partial charge in [-0.1, -0.05) is 0 Å². The molecule has 0 spiro atoms. The molecule has 0 radical (unpaired) electrons. The molecule has 180 valence electrons. The number of aliphatic hydroxyl groups is 1. The molecule has 1 aromatic carbocycles. The summed E-state index contributed by atoms with van der Waals surface area (Å²) in [5.41, 5.74) is 0. The highest BCUT2D eigenvalue weighted by molar-refractivity contribution is 7.89. The summed E-state index contributed by atoms with van der Waals surface area (Å²) in [6.45, 7) is 5.03. The van der Waals surface area contributed by atoms with Crippen molar-refractivity contribution in [2.75, 3.05) is 70.5 Å². The van der Waals surface area contributed by atoms with Gasteiger partial charge in [-0.05, 0) is 36.4 Å². The van der Waals surface area contributed by atoms with Gasteiger partial charge < -0.3 is 19.5 Å². The number of β-amino-alcohol motifs (C(OH)–C–C–N with tert-alkyl or cyclic N) is 1. The number of hydrogen-bond donors (Lipinski definition) is 1. The topological polar surface area (TPSA) is 95.4 Å². The molecule has 0 aliphatic carbocycles. The highest BCUT2D eigenvalue weighted by atomic mass is 32.2. The fraction of sp³-hybridized carbons (Fsp3) is 0.500. The number of rotatable bonds is 8. The molecule has 2 aliphatic heterocycles. The molecule has 3 heterocycles. The van der Waals surface area contributed by atoms with E-state index in [1.807, 2.05) is 0 Å². The predicted octanol–water partition coefficient (Wildman–Crippen LogP) is 0.803. The van der Waals surface area contributed by atoms with Crippen LogP contribution >= 0.6 is 0 Å². The van der Waals surface area contributed by atoms with Gasteiger partial charge in [-0.25, -0.2) is 17.8 Å². The van der Waals surface area contributed by atoms with E-state index in [0.717, 1.165) is 18.9 Å². The van der Waals surface area contributed by atoms with E-state index < -0.39 is 16.1 Å². The van der Waals surface area contributed by atoms with Crippen LogP contribution in [0.4, 0.5) is 10.2 Å². The van der Waals surface area contributed by atoms with Crippen molar-refractivity contribution in [3.63, 3.8) is 0 Å². The van der Waals surface area contributed by atoms with Crippen LogP contribution in [-0.2, 0) is 14.8 Å². The largest absolute Gasteiger partial charge is 0.491 e. The lowest BCUT2D eigenvalue weighted by molar-refractivity contribution is 0.0662. The maximum absolute atomic E-state index is 12.9. The van der Waals surface area contributed by atoms with Crippen molar-refractivity contribution >= 4 is 15.8 Å². The van der Waals surface area contributed by atoms with Crippen molar-refractivity contribution in [1.82, 2.24) is 14.2 Å². The van der Waals surface area contributed by atoms with E-state index in [9.17, 15) is 17.9 Å². The molecule has 0 amide bonds. The second kappa shape index (κ2) is 10.7. The Morgan fingerprint density at radius 3 is 2.36 bits per heavy atom. The molecule has 1 unspecified atom stereocenters. The van der Waals surface area contributed by atoms with Crippen LogP contribution in [0.5, 0.6) is 5.75 Å². The maximum atomic E-state index is 12.9. The van der Waals surface area contributed by atoms with Gasteiger partial charge in [-0.3, -0.25) is 4.90 Å². The molecule has 1 atom stereocenters. The van der Waals surface area contributed by atoms with Crippen molar-refractivity contribution in [3.05, 3.63) is 48.4 Å². The third-order valence-corrected chi connectivity index (χ3v) is 7.63. The molecule has 9 nitrogen and oxygen atoms in total. The van der Waals surface area contributed by atoms with Crippen LogP contribution < -0.4 is 9.64 Å². The molecule has 11 heteroatoms. The molecular formula is C22H29FN4O5S. The van der Waals surface area contributed by atoms with Gasteiger partial charge in [0.2, 0.25) is 10.0 Å². The molecule has 33 heavy (non-hydrogen) atoms. The van der Waals surface area contributed by atoms with Crippen LogP contribution in [-0.4, -0.2) is 99.5 Å². The minimum atomic E-state index is -3.55. The van der Waals surface area contributed by atoms with Gasteiger partial charge in [0.15, 0.2) is 0 Å². The minimum Gasteiger partial charge on any atom is -0.491 e. The third-order valence-electron chi connectivity index (χ3n) is 5.75. The highest BCUT2D eigenvalue weighted by Gasteiger charge is 2.27. The fourth-order valence-electron chi connectivity index (χ4n) is 3.88. The molecule has 4 rings (SSSR count). The van der Waals surface area contributed by atoms with Gasteiger partial charge in [-0.2, -0.15) is 4.31 Å². The van der Waals surface area contributed by atoms with Gasteiger partial charge in [-0.15, -0.1) is 0 Å². The number of morpholine rings is 1. The summed E-state index contributed by atoms with van der Waals surface area (Å²) in [6.07, 6.45) is 0.757. The summed E-state index contributed by atoms with van der Waals surface area (Å²) in [6, 6.07) is 9.06. The second-order valence-corrected chi connectivity index (χ2v) is 10.0. The van der Waals surface area contributed by atoms with E-state index in [4.69, 9.17) is 9.47 Å². The molecule has 2 aromatic rings. The van der Waals surface area contributed by atoms with E-state index in [1.54, 1.807) is 12.1 Å². The van der Waals surface area contributed by atoms with E-state index in [0.29, 0.717) is 51.7 Å². The van der Waals surface area contributed by atoms with Crippen LogP contribution in [0, 0.1) is 5.82 Å². The number of pyridine rings is 1. The van der Waals surface area contributed by atoms with Crippen molar-refractivity contribution in [3.8, 4) is 5.75 Å². The van der Waals surface area contributed by atoms with Crippen LogP contribution in [0.15, 0.2) is 47.5 Å². The number of sulfonamides is 1. The van der Waals surface area contributed by atoms with Crippen molar-refractivity contribution in [2.24, 2.45) is 0 Å². The number of anilines is 1. The number of piperazine rings is 1. The first-order valence-corrected chi connectivity index (χ1v) is 12.4. The lowest BCUT2D eigenvalue weighted by atomic mass is 10.2. The third kappa shape index (κ3) is 6.18. The molecule has 2 aliphatic rings. The average molecular weight is 481 g/mol. The van der Waals surface area contributed by atoms with Crippen LogP contribution in [0.25, 0.3) is 0 Å². The van der Waals surface area contributed by atoms with E-state index in [1.165, 1.54) is 34.8 Å². The maximum Gasteiger partial charge on any atom is 0.244 e. The summed E-state index contributed by atoms with van der Waals surface area (Å²) in [5.74, 6) is 0.921. The van der Waals surface area contributed by atoms with Crippen molar-refractivity contribution in [2.45, 2.75) is 11.0 Å². The molecule has 0 bridgehead atoms. The summed E-state index contributed by atoms with van der Waals surface area (Å²) >= 11 is 0. The zero-order chi connectivity index (χ0) is 23.3. The Kier molecular flexibility index (Phi) is 7.76. The first kappa shape index (κ1) is 23.8. The molecule has 1 N–H and O–H groups in total. The summed E-state index contributed by atoms with van der Waals surface area (Å²) in [7, 11) is -3.55. The highest BCUT2D eigenvalue weighted by Crippen LogP contribution is 2.20. The van der Waals surface area contributed by atoms with E-state index in [-0.39, 0.29) is 17.3 Å². The van der Waals surface area contributed by atoms with E-state index in [2.05, 4.69) is 14.8 Å². The Labute approximate surface area is 193 Å². The number of aliphatic hydroxyl groups excluding tert-OH is 1. The number of aromatic nitrogens is 1. The lowest BCUT2D eigenvalue weighted by Gasteiger charge is -2.36. The normalized spacial score (nSPS) is 19.4. The Morgan fingerprint density at radius 1 is 1.03 bits per heavy atom. The Morgan fingerprint density at radius 2 is 1.73 bits per heavy atom. The van der Waals surface area contributed by atoms with Gasteiger partial charge >= 0.3 is 0 Å². The van der Waals surface area contributed by atoms with Crippen LogP contribution in [0.1, 0.15) is 0 Å². The first-order valence-electron chi connectivity index (χ1n) is 11.0. The SMILES string of the molecule is O=S(=O)(c1ccc(N2CCN(CC(O)COc3ccc(F)cc3)CC2)nc1)N1CCOCC1. The van der Waals surface area contributed by atoms with Crippen LogP contribution in [0.2, 0.25) is 0 Å². The van der Waals surface area contributed by atoms with Gasteiger partial charge in [0, 0.05) is 52.0 Å². The van der Waals surface area contributed by atoms with Gasteiger partial charge in [0.1, 0.15) is 35.0 Å². The number of halogens is 1. The van der Waals surface area contributed by atoms with Gasteiger partial charge in [0.05, 0.1) is 13.2 Å². The first-order chi connectivity index (χ1) is 15.9. The average Bonchev–Trinajstić information content (AvgIpc) is 2.85. The number of ether oxygens (including phenoxy) is 2. The number of nitrogens with zero attached hydrogens (tertiary/aromatic N) is 4. The Bertz CT molecular complexity index is 992. The fourth-order valence-corrected chi connectivity index (χ4v) is 5.24. The van der Waals surface area contributed by atoms with Crippen molar-refractivity contribution in [1.29, 1.82) is 0 Å². The van der Waals surface area contributed by atoms with Crippen LogP contribution in [0.3, 0.4) is 0 Å². The Balaban J connectivity index is 1.24. The number of benzene rings is 1. The molecule has 1 aromatic heterocycles. The summed E-state index contributed by atoms with van der Waals surface area (Å²) in [4.78, 5) is 8.83. The molecule has 0 saturated carbocycles. The van der Waals surface area contributed by atoms with Gasteiger partial charge in [0.25, 0.3) is 0 Å². The van der Waals surface area contributed by atoms with Crippen molar-refractivity contribution < 1.29 is 27.4 Å². The monoisotopic (exact) mass is 480 g/mol. The summed E-state index contributed by atoms with van der Waals surface area (Å²) < 4.78 is 50.6. The second-order valence-electron chi connectivity index (χ2n) is 8.07.